The first-order chi connectivity index (χ1) is 7.48. The summed E-state index contributed by atoms with van der Waals surface area (Å²) in [5.41, 5.74) is 0.178. The number of hydrogen-bond donors (Lipinski definition) is 1. The number of allylic oxidation sites excluding steroid dienone is 2. The van der Waals surface area contributed by atoms with E-state index < -0.39 is 14.8 Å². The lowest BCUT2D eigenvalue weighted by molar-refractivity contribution is -0.132. The van der Waals surface area contributed by atoms with Crippen LogP contribution in [0, 0.1) is 0 Å². The highest BCUT2D eigenvalue weighted by molar-refractivity contribution is 6.69. The van der Waals surface area contributed by atoms with Crippen LogP contribution in [-0.2, 0) is 18.1 Å². The van der Waals surface area contributed by atoms with Crippen molar-refractivity contribution in [2.45, 2.75) is 13.3 Å². The summed E-state index contributed by atoms with van der Waals surface area (Å²) in [6, 6.07) is 0. The Hall–Kier alpha value is -0.953. The van der Waals surface area contributed by atoms with Crippen LogP contribution in [0.25, 0.3) is 0 Å². The fourth-order valence-corrected chi connectivity index (χ4v) is 3.60. The van der Waals surface area contributed by atoms with E-state index in [9.17, 15) is 4.79 Å². The normalized spacial score (nSPS) is 13.2. The second kappa shape index (κ2) is 6.59. The molecule has 0 aliphatic rings. The summed E-state index contributed by atoms with van der Waals surface area (Å²) in [5.74, 6) is -1.01. The molecule has 16 heavy (non-hydrogen) atoms. The van der Waals surface area contributed by atoms with Gasteiger partial charge in [-0.3, -0.25) is 0 Å². The van der Waals surface area contributed by atoms with Crippen molar-refractivity contribution in [3.8, 4) is 0 Å². The van der Waals surface area contributed by atoms with Crippen LogP contribution >= 0.6 is 0 Å². The van der Waals surface area contributed by atoms with Gasteiger partial charge < -0.3 is 18.4 Å². The van der Waals surface area contributed by atoms with Gasteiger partial charge in [-0.15, -0.1) is 6.58 Å². The van der Waals surface area contributed by atoms with Crippen molar-refractivity contribution in [3.63, 3.8) is 0 Å². The largest absolute Gasteiger partial charge is 0.533 e. The highest BCUT2D eigenvalue weighted by atomic mass is 28.4. The number of hydrogen-bond acceptors (Lipinski definition) is 4. The Bertz CT molecular complexity index is 285. The zero-order valence-corrected chi connectivity index (χ0v) is 11.1. The Morgan fingerprint density at radius 2 is 1.75 bits per heavy atom. The van der Waals surface area contributed by atoms with Crippen molar-refractivity contribution < 1.29 is 23.2 Å². The second-order valence-electron chi connectivity index (χ2n) is 3.07. The van der Waals surface area contributed by atoms with E-state index in [1.807, 2.05) is 0 Å². The fourth-order valence-electron chi connectivity index (χ4n) is 1.40. The van der Waals surface area contributed by atoms with Gasteiger partial charge in [0, 0.05) is 32.1 Å². The van der Waals surface area contributed by atoms with Crippen molar-refractivity contribution in [1.82, 2.24) is 0 Å². The average Bonchev–Trinajstić information content (AvgIpc) is 2.29. The van der Waals surface area contributed by atoms with E-state index in [0.29, 0.717) is 11.6 Å². The Balaban J connectivity index is 5.56. The summed E-state index contributed by atoms with van der Waals surface area (Å²) in [7, 11) is 1.26. The van der Waals surface area contributed by atoms with Crippen LogP contribution in [0.5, 0.6) is 0 Å². The summed E-state index contributed by atoms with van der Waals surface area (Å²) < 4.78 is 15.7. The average molecular weight is 246 g/mol. The maximum absolute atomic E-state index is 11.0. The molecule has 0 radical (unpaired) electrons. The molecule has 0 amide bonds. The van der Waals surface area contributed by atoms with Crippen molar-refractivity contribution >= 4 is 14.8 Å². The first-order valence-corrected chi connectivity index (χ1v) is 6.41. The predicted molar refractivity (Wildman–Crippen MR) is 61.9 cm³/mol. The molecule has 0 bridgehead atoms. The van der Waals surface area contributed by atoms with Crippen molar-refractivity contribution in [1.29, 1.82) is 0 Å². The van der Waals surface area contributed by atoms with Gasteiger partial charge in [0.05, 0.1) is 0 Å². The Morgan fingerprint density at radius 1 is 1.31 bits per heavy atom. The Labute approximate surface area is 96.7 Å². The van der Waals surface area contributed by atoms with Gasteiger partial charge in [0.2, 0.25) is 0 Å². The number of aliphatic carboxylic acids is 1. The molecule has 0 spiro atoms. The third-order valence-corrected chi connectivity index (χ3v) is 5.23. The summed E-state index contributed by atoms with van der Waals surface area (Å²) in [5, 5.41) is 9.51. The predicted octanol–water partition coefficient (Wildman–Crippen LogP) is 1.38. The summed E-state index contributed by atoms with van der Waals surface area (Å²) >= 11 is 0. The van der Waals surface area contributed by atoms with E-state index in [2.05, 4.69) is 6.58 Å². The van der Waals surface area contributed by atoms with Crippen LogP contribution in [0.2, 0.25) is 0 Å². The van der Waals surface area contributed by atoms with Gasteiger partial charge in [-0.1, -0.05) is 6.08 Å². The smallest absolute Gasteiger partial charge is 0.478 e. The molecule has 1 N–H and O–H groups in total. The van der Waals surface area contributed by atoms with Gasteiger partial charge in [-0.25, -0.2) is 4.79 Å². The van der Waals surface area contributed by atoms with Gasteiger partial charge >= 0.3 is 14.8 Å². The molecule has 0 fully saturated rings. The molecule has 0 aromatic rings. The molecule has 0 aromatic heterocycles. The van der Waals surface area contributed by atoms with E-state index in [-0.39, 0.29) is 5.57 Å². The lowest BCUT2D eigenvalue weighted by Gasteiger charge is -2.27. The molecule has 0 unspecified atom stereocenters. The summed E-state index contributed by atoms with van der Waals surface area (Å²) in [4.78, 5) is 11.0. The zero-order valence-electron chi connectivity index (χ0n) is 10.1. The number of rotatable bonds is 7. The molecular weight excluding hydrogens is 228 g/mol. The molecule has 6 heteroatoms. The molecule has 0 aliphatic heterocycles. The molecule has 0 saturated carbocycles. The summed E-state index contributed by atoms with van der Waals surface area (Å²) in [6.07, 6.45) is 1.96. The molecule has 0 aliphatic carbocycles. The molecule has 0 rings (SSSR count). The first-order valence-electron chi connectivity index (χ1n) is 4.68. The van der Waals surface area contributed by atoms with E-state index in [1.54, 1.807) is 6.08 Å². The SMILES string of the molecule is C=CC/C(=C(/C)C(=O)O)[Si](OC)(OC)OC. The van der Waals surface area contributed by atoms with Gasteiger partial charge in [0.1, 0.15) is 0 Å². The minimum absolute atomic E-state index is 0.178. The van der Waals surface area contributed by atoms with Crippen LogP contribution in [-0.4, -0.2) is 41.2 Å². The quantitative estimate of drug-likeness (QED) is 0.417. The minimum atomic E-state index is -3.07. The standard InChI is InChI=1S/C10H18O5Si/c1-6-7-9(8(2)10(11)12)16(13-3,14-4)15-5/h6H,1,7H2,2-5H3,(H,11,12)/b9-8+. The topological polar surface area (TPSA) is 65.0 Å². The van der Waals surface area contributed by atoms with Crippen molar-refractivity contribution in [2.75, 3.05) is 21.3 Å². The molecule has 0 heterocycles. The van der Waals surface area contributed by atoms with Crippen LogP contribution in [0.1, 0.15) is 13.3 Å². The third-order valence-electron chi connectivity index (χ3n) is 2.30. The molecule has 0 saturated heterocycles. The fraction of sp³-hybridized carbons (Fsp3) is 0.500. The zero-order chi connectivity index (χ0) is 12.8. The van der Waals surface area contributed by atoms with E-state index >= 15 is 0 Å². The molecule has 0 aromatic carbocycles. The number of carbonyl (C=O) groups is 1. The molecule has 5 nitrogen and oxygen atoms in total. The third kappa shape index (κ3) is 3.02. The number of carboxylic acids is 1. The lowest BCUT2D eigenvalue weighted by atomic mass is 10.2. The Kier molecular flexibility index (Phi) is 6.20. The van der Waals surface area contributed by atoms with Crippen LogP contribution < -0.4 is 0 Å². The van der Waals surface area contributed by atoms with E-state index in [1.165, 1.54) is 28.3 Å². The van der Waals surface area contributed by atoms with Crippen molar-refractivity contribution in [3.05, 3.63) is 23.4 Å². The van der Waals surface area contributed by atoms with Gasteiger partial charge in [0.25, 0.3) is 0 Å². The van der Waals surface area contributed by atoms with Gasteiger partial charge in [-0.05, 0) is 13.3 Å². The molecular formula is C10H18O5Si. The molecule has 0 atom stereocenters. The first kappa shape index (κ1) is 15.0. The monoisotopic (exact) mass is 246 g/mol. The minimum Gasteiger partial charge on any atom is -0.478 e. The lowest BCUT2D eigenvalue weighted by Crippen LogP contribution is -2.46. The van der Waals surface area contributed by atoms with Gasteiger partial charge in [0.15, 0.2) is 0 Å². The van der Waals surface area contributed by atoms with Crippen LogP contribution in [0.15, 0.2) is 23.4 Å². The van der Waals surface area contributed by atoms with E-state index in [0.717, 1.165) is 0 Å². The van der Waals surface area contributed by atoms with Gasteiger partial charge in [-0.2, -0.15) is 0 Å². The van der Waals surface area contributed by atoms with Crippen LogP contribution in [0.4, 0.5) is 0 Å². The maximum Gasteiger partial charge on any atom is 0.533 e. The molecule has 92 valence electrons. The van der Waals surface area contributed by atoms with Crippen LogP contribution in [0.3, 0.4) is 0 Å². The highest BCUT2D eigenvalue weighted by Gasteiger charge is 2.44. The highest BCUT2D eigenvalue weighted by Crippen LogP contribution is 2.24. The number of carboxylic acid groups (broad SMARTS) is 1. The summed E-state index contributed by atoms with van der Waals surface area (Å²) in [6.45, 7) is 5.09. The van der Waals surface area contributed by atoms with Crippen molar-refractivity contribution in [2.24, 2.45) is 0 Å². The Morgan fingerprint density at radius 3 is 2.00 bits per heavy atom. The maximum atomic E-state index is 11.0. The van der Waals surface area contributed by atoms with E-state index in [4.69, 9.17) is 18.4 Å². The second-order valence-corrected chi connectivity index (χ2v) is 6.01.